The number of aryl methyl sites for hydroxylation is 1. The molecular formula is C18H19N5O2S. The minimum atomic E-state index is -0.609. The fraction of sp³-hybridized carbons (Fsp3) is 0.111. The zero-order chi connectivity index (χ0) is 18.5. The summed E-state index contributed by atoms with van der Waals surface area (Å²) in [6, 6.07) is 12.6. The number of aromatic nitrogens is 1. The van der Waals surface area contributed by atoms with E-state index in [0.29, 0.717) is 11.4 Å². The standard InChI is InChI=1S/C18H19N5O2S/c1-12-4-2-7-17(23(20)18(24)22-19)15(12)9-25-14-6-3-5-13(8-14)16-10-26-11-21-16/h2-8,10-11H,9,19-20H2,1H3,(H,22,24). The molecule has 0 aliphatic rings. The molecule has 1 heterocycles. The third kappa shape index (κ3) is 3.83. The molecule has 3 aromatic rings. The Balaban J connectivity index is 1.82. The summed E-state index contributed by atoms with van der Waals surface area (Å²) in [7, 11) is 0. The lowest BCUT2D eigenvalue weighted by Crippen LogP contribution is -2.48. The molecule has 7 nitrogen and oxygen atoms in total. The Bertz CT molecular complexity index is 898. The van der Waals surface area contributed by atoms with Crippen molar-refractivity contribution in [3.8, 4) is 17.0 Å². The van der Waals surface area contributed by atoms with Gasteiger partial charge in [0.25, 0.3) is 0 Å². The molecule has 0 fully saturated rings. The Hall–Kier alpha value is -2.94. The topological polar surface area (TPSA) is 106 Å². The van der Waals surface area contributed by atoms with Crippen LogP contribution < -0.4 is 26.9 Å². The van der Waals surface area contributed by atoms with Crippen LogP contribution in [-0.2, 0) is 6.61 Å². The second kappa shape index (κ2) is 7.96. The van der Waals surface area contributed by atoms with E-state index in [9.17, 15) is 4.79 Å². The minimum Gasteiger partial charge on any atom is -0.489 e. The van der Waals surface area contributed by atoms with E-state index < -0.39 is 6.03 Å². The SMILES string of the molecule is Cc1cccc(N(N)C(=O)NN)c1COc1cccc(-c2cscn2)c1. The quantitative estimate of drug-likeness (QED) is 0.364. The Morgan fingerprint density at radius 3 is 2.85 bits per heavy atom. The van der Waals surface area contributed by atoms with Crippen molar-refractivity contribution < 1.29 is 9.53 Å². The number of benzene rings is 2. The van der Waals surface area contributed by atoms with Gasteiger partial charge in [-0.1, -0.05) is 24.3 Å². The maximum Gasteiger partial charge on any atom is 0.350 e. The van der Waals surface area contributed by atoms with Gasteiger partial charge in [-0.15, -0.1) is 11.3 Å². The van der Waals surface area contributed by atoms with Crippen molar-refractivity contribution in [3.63, 3.8) is 0 Å². The van der Waals surface area contributed by atoms with Crippen LogP contribution in [0, 0.1) is 6.92 Å². The molecule has 0 aliphatic heterocycles. The van der Waals surface area contributed by atoms with Crippen molar-refractivity contribution in [1.29, 1.82) is 0 Å². The van der Waals surface area contributed by atoms with E-state index in [1.165, 1.54) is 0 Å². The normalized spacial score (nSPS) is 10.4. The van der Waals surface area contributed by atoms with E-state index in [1.807, 2.05) is 54.1 Å². The molecule has 2 aromatic carbocycles. The monoisotopic (exact) mass is 369 g/mol. The first-order chi connectivity index (χ1) is 12.6. The minimum absolute atomic E-state index is 0.258. The van der Waals surface area contributed by atoms with Gasteiger partial charge in [-0.25, -0.2) is 26.5 Å². The van der Waals surface area contributed by atoms with Crippen LogP contribution in [0.25, 0.3) is 11.3 Å². The van der Waals surface area contributed by atoms with Crippen LogP contribution >= 0.6 is 11.3 Å². The second-order valence-electron chi connectivity index (χ2n) is 5.58. The smallest absolute Gasteiger partial charge is 0.350 e. The number of rotatable bonds is 5. The third-order valence-electron chi connectivity index (χ3n) is 3.93. The Labute approximate surface area is 155 Å². The summed E-state index contributed by atoms with van der Waals surface area (Å²) in [5.74, 6) is 11.7. The van der Waals surface area contributed by atoms with Crippen LogP contribution in [-0.4, -0.2) is 11.0 Å². The molecule has 0 saturated heterocycles. The Kier molecular flexibility index (Phi) is 5.47. The first kappa shape index (κ1) is 17.9. The highest BCUT2D eigenvalue weighted by atomic mass is 32.1. The van der Waals surface area contributed by atoms with Gasteiger partial charge in [0, 0.05) is 16.5 Å². The van der Waals surface area contributed by atoms with E-state index >= 15 is 0 Å². The number of carbonyl (C=O) groups excluding carboxylic acids is 1. The summed E-state index contributed by atoms with van der Waals surface area (Å²) >= 11 is 1.54. The predicted octanol–water partition coefficient (Wildman–Crippen LogP) is 2.96. The maximum atomic E-state index is 11.7. The number of thiazole rings is 1. The van der Waals surface area contributed by atoms with Gasteiger partial charge in [-0.2, -0.15) is 0 Å². The van der Waals surface area contributed by atoms with Crippen molar-refractivity contribution in [3.05, 3.63) is 64.5 Å². The van der Waals surface area contributed by atoms with E-state index in [-0.39, 0.29) is 6.61 Å². The average molecular weight is 369 g/mol. The second-order valence-corrected chi connectivity index (χ2v) is 6.30. The first-order valence-electron chi connectivity index (χ1n) is 7.85. The van der Waals surface area contributed by atoms with Crippen LogP contribution in [0.15, 0.2) is 53.4 Å². The van der Waals surface area contributed by atoms with Gasteiger partial charge < -0.3 is 4.74 Å². The zero-order valence-corrected chi connectivity index (χ0v) is 15.0. The number of carbonyl (C=O) groups is 1. The van der Waals surface area contributed by atoms with Gasteiger partial charge in [0.1, 0.15) is 12.4 Å². The van der Waals surface area contributed by atoms with Crippen LogP contribution in [0.5, 0.6) is 5.75 Å². The first-order valence-corrected chi connectivity index (χ1v) is 8.79. The summed E-state index contributed by atoms with van der Waals surface area (Å²) in [4.78, 5) is 16.1. The molecule has 1 aromatic heterocycles. The van der Waals surface area contributed by atoms with E-state index in [0.717, 1.165) is 27.4 Å². The summed E-state index contributed by atoms with van der Waals surface area (Å²) in [5, 5.41) is 2.95. The molecule has 0 saturated carbocycles. The number of nitrogens with zero attached hydrogens (tertiary/aromatic N) is 2. The van der Waals surface area contributed by atoms with Crippen molar-refractivity contribution >= 4 is 23.1 Å². The number of amides is 2. The third-order valence-corrected chi connectivity index (χ3v) is 4.52. The highest BCUT2D eigenvalue weighted by Gasteiger charge is 2.16. The largest absolute Gasteiger partial charge is 0.489 e. The average Bonchev–Trinajstić information content (AvgIpc) is 3.20. The molecule has 8 heteroatoms. The molecule has 134 valence electrons. The number of hydrogen-bond donors (Lipinski definition) is 3. The van der Waals surface area contributed by atoms with Crippen molar-refractivity contribution in [2.75, 3.05) is 5.01 Å². The molecule has 0 radical (unpaired) electrons. The summed E-state index contributed by atoms with van der Waals surface area (Å²) in [6.45, 7) is 2.19. The lowest BCUT2D eigenvalue weighted by molar-refractivity contribution is 0.246. The van der Waals surface area contributed by atoms with Crippen molar-refractivity contribution in [2.24, 2.45) is 11.7 Å². The Morgan fingerprint density at radius 1 is 1.31 bits per heavy atom. The number of urea groups is 1. The van der Waals surface area contributed by atoms with Crippen LogP contribution in [0.3, 0.4) is 0 Å². The van der Waals surface area contributed by atoms with Gasteiger partial charge in [0.05, 0.1) is 16.9 Å². The summed E-state index contributed by atoms with van der Waals surface area (Å²) in [6.07, 6.45) is 0. The maximum absolute atomic E-state index is 11.7. The molecule has 0 bridgehead atoms. The van der Waals surface area contributed by atoms with Gasteiger partial charge >= 0.3 is 6.03 Å². The Morgan fingerprint density at radius 2 is 2.12 bits per heavy atom. The van der Waals surface area contributed by atoms with Crippen LogP contribution in [0.4, 0.5) is 10.5 Å². The summed E-state index contributed by atoms with van der Waals surface area (Å²) in [5.41, 5.74) is 8.00. The van der Waals surface area contributed by atoms with E-state index in [2.05, 4.69) is 4.98 Å². The number of anilines is 1. The van der Waals surface area contributed by atoms with E-state index in [1.54, 1.807) is 22.9 Å². The van der Waals surface area contributed by atoms with Gasteiger partial charge in [-0.05, 0) is 30.7 Å². The van der Waals surface area contributed by atoms with Gasteiger partial charge in [-0.3, -0.25) is 5.43 Å². The van der Waals surface area contributed by atoms with Crippen molar-refractivity contribution in [1.82, 2.24) is 10.4 Å². The zero-order valence-electron chi connectivity index (χ0n) is 14.2. The fourth-order valence-corrected chi connectivity index (χ4v) is 3.10. The lowest BCUT2D eigenvalue weighted by Gasteiger charge is -2.21. The van der Waals surface area contributed by atoms with Crippen molar-refractivity contribution in [2.45, 2.75) is 13.5 Å². The molecule has 0 spiro atoms. The molecule has 2 amide bonds. The molecule has 0 aliphatic carbocycles. The highest BCUT2D eigenvalue weighted by molar-refractivity contribution is 7.07. The number of hydrazine groups is 2. The molecule has 26 heavy (non-hydrogen) atoms. The van der Waals surface area contributed by atoms with Gasteiger partial charge in [0.15, 0.2) is 0 Å². The molecule has 0 atom stereocenters. The molecule has 5 N–H and O–H groups in total. The molecule has 0 unspecified atom stereocenters. The molecule has 3 rings (SSSR count). The fourth-order valence-electron chi connectivity index (χ4n) is 2.54. The van der Waals surface area contributed by atoms with E-state index in [4.69, 9.17) is 16.4 Å². The number of nitrogens with one attached hydrogen (secondary N) is 1. The number of hydrogen-bond acceptors (Lipinski definition) is 6. The van der Waals surface area contributed by atoms with Crippen LogP contribution in [0.2, 0.25) is 0 Å². The number of nitrogens with two attached hydrogens (primary N) is 2. The number of ether oxygens (including phenoxy) is 1. The molecular weight excluding hydrogens is 350 g/mol. The van der Waals surface area contributed by atoms with Crippen LogP contribution in [0.1, 0.15) is 11.1 Å². The predicted molar refractivity (Wildman–Crippen MR) is 102 cm³/mol. The summed E-state index contributed by atoms with van der Waals surface area (Å²) < 4.78 is 5.95. The lowest BCUT2D eigenvalue weighted by atomic mass is 10.1. The van der Waals surface area contributed by atoms with Gasteiger partial charge in [0.2, 0.25) is 0 Å². The highest BCUT2D eigenvalue weighted by Crippen LogP contribution is 2.27.